The van der Waals surface area contributed by atoms with Gasteiger partial charge in [-0.2, -0.15) is 0 Å². The molecule has 2 fully saturated rings. The van der Waals surface area contributed by atoms with Crippen LogP contribution in [0.2, 0.25) is 0 Å². The molecule has 5 rings (SSSR count). The van der Waals surface area contributed by atoms with Crippen LogP contribution >= 0.6 is 11.3 Å². The number of nitrogens with zero attached hydrogens (tertiary/aromatic N) is 2. The summed E-state index contributed by atoms with van der Waals surface area (Å²) in [6.45, 7) is 2.66. The second kappa shape index (κ2) is 8.55. The number of rotatable bonds is 6. The molecule has 3 aromatic rings. The number of ether oxygens (including phenoxy) is 1. The van der Waals surface area contributed by atoms with Crippen molar-refractivity contribution in [2.24, 2.45) is 0 Å². The molecule has 0 radical (unpaired) electrons. The van der Waals surface area contributed by atoms with E-state index in [9.17, 15) is 9.18 Å². The molecule has 0 spiro atoms. The highest BCUT2D eigenvalue weighted by Crippen LogP contribution is 2.36. The lowest BCUT2D eigenvalue weighted by Crippen LogP contribution is -2.50. The van der Waals surface area contributed by atoms with E-state index in [1.165, 1.54) is 41.9 Å². The van der Waals surface area contributed by atoms with E-state index in [1.807, 2.05) is 12.1 Å². The van der Waals surface area contributed by atoms with Crippen molar-refractivity contribution in [1.29, 1.82) is 0 Å². The van der Waals surface area contributed by atoms with Crippen LogP contribution in [0.25, 0.3) is 10.2 Å². The van der Waals surface area contributed by atoms with Crippen LogP contribution in [0.5, 0.6) is 10.9 Å². The SMILES string of the molecule is CC(=O)NC1C[C@H]2CC[C@@H](C1)N2CCc1ccc(Oc2nc3cc(F)ccc3s2)cc1. The van der Waals surface area contributed by atoms with Crippen molar-refractivity contribution in [1.82, 2.24) is 15.2 Å². The highest BCUT2D eigenvalue weighted by atomic mass is 32.1. The number of amides is 1. The highest BCUT2D eigenvalue weighted by Gasteiger charge is 2.40. The average Bonchev–Trinajstić information content (AvgIpc) is 3.23. The van der Waals surface area contributed by atoms with Crippen LogP contribution in [0.4, 0.5) is 4.39 Å². The molecule has 5 nitrogen and oxygen atoms in total. The number of benzene rings is 2. The van der Waals surface area contributed by atoms with Crippen molar-refractivity contribution in [3.05, 3.63) is 53.8 Å². The first-order valence-electron chi connectivity index (χ1n) is 10.9. The number of carbonyl (C=O) groups is 1. The first-order valence-corrected chi connectivity index (χ1v) is 11.7. The molecule has 2 bridgehead atoms. The zero-order valence-corrected chi connectivity index (χ0v) is 18.3. The zero-order valence-electron chi connectivity index (χ0n) is 17.5. The van der Waals surface area contributed by atoms with Gasteiger partial charge in [-0.05, 0) is 61.9 Å². The van der Waals surface area contributed by atoms with Crippen LogP contribution in [0.15, 0.2) is 42.5 Å². The van der Waals surface area contributed by atoms with Crippen molar-refractivity contribution in [2.45, 2.75) is 57.2 Å². The molecule has 1 N–H and O–H groups in total. The Kier molecular flexibility index (Phi) is 5.63. The minimum Gasteiger partial charge on any atom is -0.431 e. The number of hydrogen-bond donors (Lipinski definition) is 1. The molecule has 2 aromatic carbocycles. The van der Waals surface area contributed by atoms with Gasteiger partial charge in [0.1, 0.15) is 11.6 Å². The molecule has 162 valence electrons. The van der Waals surface area contributed by atoms with Crippen LogP contribution in [0.1, 0.15) is 38.2 Å². The molecule has 3 atom stereocenters. The van der Waals surface area contributed by atoms with E-state index in [2.05, 4.69) is 27.3 Å². The van der Waals surface area contributed by atoms with Gasteiger partial charge in [0.05, 0.1) is 10.2 Å². The molecule has 0 aliphatic carbocycles. The molecule has 2 aliphatic rings. The van der Waals surface area contributed by atoms with Crippen molar-refractivity contribution >= 4 is 27.5 Å². The van der Waals surface area contributed by atoms with Crippen LogP contribution in [-0.2, 0) is 11.2 Å². The molecule has 3 heterocycles. The van der Waals surface area contributed by atoms with E-state index in [0.717, 1.165) is 36.3 Å². The summed E-state index contributed by atoms with van der Waals surface area (Å²) < 4.78 is 20.1. The fraction of sp³-hybridized carbons (Fsp3) is 0.417. The normalized spacial score (nSPS) is 23.2. The second-order valence-corrected chi connectivity index (χ2v) is 9.57. The third-order valence-corrected chi connectivity index (χ3v) is 7.32. The third-order valence-electron chi connectivity index (χ3n) is 6.41. The molecular weight excluding hydrogens is 413 g/mol. The van der Waals surface area contributed by atoms with Gasteiger partial charge < -0.3 is 10.1 Å². The molecular formula is C24H26FN3O2S. The van der Waals surface area contributed by atoms with E-state index in [-0.39, 0.29) is 11.7 Å². The molecule has 7 heteroatoms. The summed E-state index contributed by atoms with van der Waals surface area (Å²) in [7, 11) is 0. The summed E-state index contributed by atoms with van der Waals surface area (Å²) in [5.41, 5.74) is 1.90. The predicted molar refractivity (Wildman–Crippen MR) is 120 cm³/mol. The fourth-order valence-corrected chi connectivity index (χ4v) is 5.87. The second-order valence-electron chi connectivity index (χ2n) is 8.58. The smallest absolute Gasteiger partial charge is 0.279 e. The van der Waals surface area contributed by atoms with E-state index in [4.69, 9.17) is 4.74 Å². The van der Waals surface area contributed by atoms with Gasteiger partial charge in [0.2, 0.25) is 5.91 Å². The van der Waals surface area contributed by atoms with E-state index >= 15 is 0 Å². The maximum absolute atomic E-state index is 13.3. The average molecular weight is 440 g/mol. The van der Waals surface area contributed by atoms with Crippen LogP contribution < -0.4 is 10.1 Å². The molecule has 1 unspecified atom stereocenters. The van der Waals surface area contributed by atoms with Crippen LogP contribution in [0, 0.1) is 5.82 Å². The van der Waals surface area contributed by atoms with Gasteiger partial charge in [-0.25, -0.2) is 9.37 Å². The van der Waals surface area contributed by atoms with Gasteiger partial charge in [0.15, 0.2) is 0 Å². The van der Waals surface area contributed by atoms with Crippen molar-refractivity contribution in [3.8, 4) is 10.9 Å². The van der Waals surface area contributed by atoms with Crippen LogP contribution in [0.3, 0.4) is 0 Å². The van der Waals surface area contributed by atoms with E-state index in [1.54, 1.807) is 13.0 Å². The van der Waals surface area contributed by atoms with Gasteiger partial charge in [-0.3, -0.25) is 9.69 Å². The molecule has 0 saturated carbocycles. The molecule has 1 amide bonds. The zero-order chi connectivity index (χ0) is 21.4. The monoisotopic (exact) mass is 439 g/mol. The maximum Gasteiger partial charge on any atom is 0.279 e. The summed E-state index contributed by atoms with van der Waals surface area (Å²) >= 11 is 1.41. The Hall–Kier alpha value is -2.51. The standard InChI is InChI=1S/C24H26FN3O2S/c1-15(29)26-18-13-19-5-6-20(14-18)28(19)11-10-16-2-7-21(8-3-16)30-24-27-22-12-17(25)4-9-23(22)31-24/h2-4,7-9,12,18-20H,5-6,10-11,13-14H2,1H3,(H,26,29)/t18?,19-,20+. The largest absolute Gasteiger partial charge is 0.431 e. The minimum absolute atomic E-state index is 0.0816. The molecule has 2 saturated heterocycles. The Balaban J connectivity index is 1.17. The molecule has 31 heavy (non-hydrogen) atoms. The lowest BCUT2D eigenvalue weighted by Gasteiger charge is -2.39. The predicted octanol–water partition coefficient (Wildman–Crippen LogP) is 4.90. The Morgan fingerprint density at radius 1 is 1.19 bits per heavy atom. The van der Waals surface area contributed by atoms with Crippen molar-refractivity contribution < 1.29 is 13.9 Å². The van der Waals surface area contributed by atoms with Gasteiger partial charge in [-0.15, -0.1) is 0 Å². The number of fused-ring (bicyclic) bond motifs is 3. The number of nitrogens with one attached hydrogen (secondary N) is 1. The van der Waals surface area contributed by atoms with Gasteiger partial charge in [0, 0.05) is 37.7 Å². The maximum atomic E-state index is 13.3. The fourth-order valence-electron chi connectivity index (χ4n) is 5.05. The summed E-state index contributed by atoms with van der Waals surface area (Å²) in [6.07, 6.45) is 5.60. The van der Waals surface area contributed by atoms with Gasteiger partial charge in [0.25, 0.3) is 5.19 Å². The number of hydrogen-bond acceptors (Lipinski definition) is 5. The van der Waals surface area contributed by atoms with E-state index < -0.39 is 0 Å². The molecule has 2 aliphatic heterocycles. The number of carbonyl (C=O) groups excluding carboxylic acids is 1. The quantitative estimate of drug-likeness (QED) is 0.593. The lowest BCUT2D eigenvalue weighted by molar-refractivity contribution is -0.120. The Labute approximate surface area is 185 Å². The van der Waals surface area contributed by atoms with Crippen molar-refractivity contribution in [3.63, 3.8) is 0 Å². The lowest BCUT2D eigenvalue weighted by atomic mass is 9.96. The summed E-state index contributed by atoms with van der Waals surface area (Å²) in [5.74, 6) is 0.527. The highest BCUT2D eigenvalue weighted by molar-refractivity contribution is 7.20. The topological polar surface area (TPSA) is 54.5 Å². The summed E-state index contributed by atoms with van der Waals surface area (Å²) in [6, 6.07) is 14.2. The first kappa shape index (κ1) is 20.4. The van der Waals surface area contributed by atoms with Crippen LogP contribution in [-0.4, -0.2) is 40.5 Å². The van der Waals surface area contributed by atoms with E-state index in [0.29, 0.717) is 28.8 Å². The number of thiazole rings is 1. The summed E-state index contributed by atoms with van der Waals surface area (Å²) in [5, 5.41) is 3.63. The Morgan fingerprint density at radius 3 is 2.65 bits per heavy atom. The first-order chi connectivity index (χ1) is 15.0. The Morgan fingerprint density at radius 2 is 1.94 bits per heavy atom. The van der Waals surface area contributed by atoms with Gasteiger partial charge >= 0.3 is 0 Å². The van der Waals surface area contributed by atoms with Gasteiger partial charge in [-0.1, -0.05) is 23.5 Å². The third kappa shape index (κ3) is 4.57. The Bertz CT molecular complexity index is 1070. The van der Waals surface area contributed by atoms with Crippen molar-refractivity contribution in [2.75, 3.05) is 6.54 Å². The molecule has 1 aromatic heterocycles. The minimum atomic E-state index is -0.290. The number of aromatic nitrogens is 1. The summed E-state index contributed by atoms with van der Waals surface area (Å²) in [4.78, 5) is 18.4. The number of piperidine rings is 1. The number of halogens is 1.